The third-order valence-corrected chi connectivity index (χ3v) is 7.32. The lowest BCUT2D eigenvalue weighted by Gasteiger charge is -2.36. The fourth-order valence-corrected chi connectivity index (χ4v) is 5.89. The van der Waals surface area contributed by atoms with Crippen LogP contribution in [0.15, 0.2) is 53.4 Å². The number of aliphatic hydroxyl groups is 1. The molecule has 1 aliphatic heterocycles. The molecule has 2 N–H and O–H groups in total. The number of halogens is 1. The molecule has 0 fully saturated rings. The summed E-state index contributed by atoms with van der Waals surface area (Å²) in [7, 11) is -3.84. The van der Waals surface area contributed by atoms with Crippen molar-refractivity contribution in [3.8, 4) is 0 Å². The van der Waals surface area contributed by atoms with E-state index in [0.29, 0.717) is 17.0 Å². The first-order chi connectivity index (χ1) is 14.2. The fourth-order valence-electron chi connectivity index (χ4n) is 3.73. The van der Waals surface area contributed by atoms with Gasteiger partial charge in [-0.05, 0) is 48.1 Å². The molecule has 30 heavy (non-hydrogen) atoms. The van der Waals surface area contributed by atoms with Gasteiger partial charge < -0.3 is 10.4 Å². The van der Waals surface area contributed by atoms with Crippen LogP contribution in [0.3, 0.4) is 0 Å². The Labute approximate surface area is 182 Å². The number of hydrogen-bond acceptors (Lipinski definition) is 4. The maximum absolute atomic E-state index is 13.3. The zero-order valence-corrected chi connectivity index (χ0v) is 18.7. The van der Waals surface area contributed by atoms with E-state index in [1.54, 1.807) is 12.1 Å². The Bertz CT molecular complexity index is 995. The number of amides is 1. The highest BCUT2D eigenvalue weighted by Gasteiger charge is 2.42. The van der Waals surface area contributed by atoms with E-state index in [9.17, 15) is 18.3 Å². The first kappa shape index (κ1) is 22.7. The second-order valence-corrected chi connectivity index (χ2v) is 10.3. The van der Waals surface area contributed by atoms with E-state index in [0.717, 1.165) is 5.56 Å². The fraction of sp³-hybridized carbons (Fsp3) is 0.409. The monoisotopic (exact) mass is 450 g/mol. The van der Waals surface area contributed by atoms with Crippen LogP contribution in [0.2, 0.25) is 5.02 Å². The number of sulfonamides is 1. The molecule has 0 bridgehead atoms. The average molecular weight is 451 g/mol. The Balaban J connectivity index is 1.88. The van der Waals surface area contributed by atoms with Gasteiger partial charge in [-0.15, -0.1) is 0 Å². The van der Waals surface area contributed by atoms with Gasteiger partial charge in [-0.3, -0.25) is 4.79 Å². The van der Waals surface area contributed by atoms with Gasteiger partial charge in [0.15, 0.2) is 0 Å². The molecule has 0 unspecified atom stereocenters. The number of carbonyl (C=O) groups excluding carboxylic acids is 1. The van der Waals surface area contributed by atoms with Crippen LogP contribution < -0.4 is 5.32 Å². The summed E-state index contributed by atoms with van der Waals surface area (Å²) < 4.78 is 27.8. The van der Waals surface area contributed by atoms with Crippen LogP contribution >= 0.6 is 11.6 Å². The number of aliphatic hydroxyl groups excluding tert-OH is 1. The third-order valence-electron chi connectivity index (χ3n) is 5.11. The first-order valence-corrected chi connectivity index (χ1v) is 11.8. The number of hydrogen-bond donors (Lipinski definition) is 2. The van der Waals surface area contributed by atoms with Crippen LogP contribution in [-0.4, -0.2) is 49.0 Å². The normalized spacial score (nSPS) is 19.3. The van der Waals surface area contributed by atoms with Crippen molar-refractivity contribution in [1.82, 2.24) is 9.62 Å². The Morgan fingerprint density at radius 1 is 1.23 bits per heavy atom. The minimum atomic E-state index is -3.84. The smallest absolute Gasteiger partial charge is 0.244 e. The van der Waals surface area contributed by atoms with Gasteiger partial charge in [0.1, 0.15) is 6.04 Å². The van der Waals surface area contributed by atoms with Crippen molar-refractivity contribution in [3.63, 3.8) is 0 Å². The van der Waals surface area contributed by atoms with Gasteiger partial charge in [-0.25, -0.2) is 8.42 Å². The Morgan fingerprint density at radius 3 is 2.57 bits per heavy atom. The van der Waals surface area contributed by atoms with Gasteiger partial charge in [-0.2, -0.15) is 4.31 Å². The van der Waals surface area contributed by atoms with Crippen LogP contribution in [0.25, 0.3) is 0 Å². The van der Waals surface area contributed by atoms with E-state index in [2.05, 4.69) is 5.32 Å². The molecule has 1 heterocycles. The summed E-state index contributed by atoms with van der Waals surface area (Å²) in [5.41, 5.74) is 1.51. The minimum Gasteiger partial charge on any atom is -0.394 e. The van der Waals surface area contributed by atoms with Gasteiger partial charge in [0.2, 0.25) is 15.9 Å². The van der Waals surface area contributed by atoms with E-state index in [-0.39, 0.29) is 30.4 Å². The molecule has 0 saturated carbocycles. The van der Waals surface area contributed by atoms with Crippen molar-refractivity contribution in [1.29, 1.82) is 0 Å². The van der Waals surface area contributed by atoms with E-state index >= 15 is 0 Å². The quantitative estimate of drug-likeness (QED) is 0.678. The molecule has 2 atom stereocenters. The Hall–Kier alpha value is -1.93. The molecule has 1 aliphatic rings. The minimum absolute atomic E-state index is 0.0434. The van der Waals surface area contributed by atoms with Crippen molar-refractivity contribution in [2.45, 2.75) is 43.7 Å². The Kier molecular flexibility index (Phi) is 7.18. The predicted octanol–water partition coefficient (Wildman–Crippen LogP) is 2.63. The zero-order chi connectivity index (χ0) is 21.9. The zero-order valence-electron chi connectivity index (χ0n) is 17.1. The Morgan fingerprint density at radius 2 is 1.93 bits per heavy atom. The van der Waals surface area contributed by atoms with Gasteiger partial charge in [-0.1, -0.05) is 55.8 Å². The molecule has 2 aromatic rings. The largest absolute Gasteiger partial charge is 0.394 e. The van der Waals surface area contributed by atoms with E-state index < -0.39 is 28.0 Å². The van der Waals surface area contributed by atoms with Crippen molar-refractivity contribution in [2.75, 3.05) is 13.2 Å². The SMILES string of the molecule is CC(C)CN1[C@@H](C(=O)N[C@H](CO)Cc2ccccc2)Cc2cc(Cl)ccc2S1(=O)=O. The average Bonchev–Trinajstić information content (AvgIpc) is 2.69. The maximum atomic E-state index is 13.3. The van der Waals surface area contributed by atoms with Crippen molar-refractivity contribution in [3.05, 3.63) is 64.7 Å². The van der Waals surface area contributed by atoms with Crippen LogP contribution in [0, 0.1) is 5.92 Å². The van der Waals surface area contributed by atoms with E-state index in [4.69, 9.17) is 11.6 Å². The predicted molar refractivity (Wildman–Crippen MR) is 117 cm³/mol. The molecule has 3 rings (SSSR count). The van der Waals surface area contributed by atoms with E-state index in [1.807, 2.05) is 44.2 Å². The molecular formula is C22H27ClN2O4S. The molecule has 0 saturated heterocycles. The molecule has 0 radical (unpaired) electrons. The summed E-state index contributed by atoms with van der Waals surface area (Å²) in [6.07, 6.45) is 0.687. The number of nitrogens with zero attached hydrogens (tertiary/aromatic N) is 1. The van der Waals surface area contributed by atoms with Gasteiger partial charge in [0.25, 0.3) is 0 Å². The number of fused-ring (bicyclic) bond motifs is 1. The van der Waals surface area contributed by atoms with Crippen molar-refractivity contribution in [2.24, 2.45) is 5.92 Å². The summed E-state index contributed by atoms with van der Waals surface area (Å²) in [5.74, 6) is -0.373. The van der Waals surface area contributed by atoms with Gasteiger partial charge in [0.05, 0.1) is 17.5 Å². The first-order valence-electron chi connectivity index (χ1n) is 9.97. The number of carbonyl (C=O) groups is 1. The number of benzene rings is 2. The molecule has 0 spiro atoms. The molecule has 6 nitrogen and oxygen atoms in total. The summed E-state index contributed by atoms with van der Waals surface area (Å²) in [6.45, 7) is 3.80. The maximum Gasteiger partial charge on any atom is 0.244 e. The number of rotatable bonds is 7. The number of nitrogens with one attached hydrogen (secondary N) is 1. The highest BCUT2D eigenvalue weighted by molar-refractivity contribution is 7.89. The van der Waals surface area contributed by atoms with Crippen molar-refractivity contribution < 1.29 is 18.3 Å². The lowest BCUT2D eigenvalue weighted by Crippen LogP contribution is -2.56. The summed E-state index contributed by atoms with van der Waals surface area (Å²) in [4.78, 5) is 13.4. The van der Waals surface area contributed by atoms with Crippen molar-refractivity contribution >= 4 is 27.5 Å². The standard InChI is InChI=1S/C22H27ClN2O4S/c1-15(2)13-25-20(12-17-11-18(23)8-9-21(17)30(25,28)29)22(27)24-19(14-26)10-16-6-4-3-5-7-16/h3-9,11,15,19-20,26H,10,12-14H2,1-2H3,(H,24,27)/t19-,20+/m0/s1. The van der Waals surface area contributed by atoms with Crippen LogP contribution in [0.1, 0.15) is 25.0 Å². The van der Waals surface area contributed by atoms with Gasteiger partial charge in [0, 0.05) is 11.6 Å². The highest BCUT2D eigenvalue weighted by atomic mass is 35.5. The second kappa shape index (κ2) is 9.47. The van der Waals surface area contributed by atoms with E-state index in [1.165, 1.54) is 10.4 Å². The highest BCUT2D eigenvalue weighted by Crippen LogP contribution is 2.32. The summed E-state index contributed by atoms with van der Waals surface area (Å²) in [6, 6.07) is 12.8. The van der Waals surface area contributed by atoms with Crippen LogP contribution in [0.4, 0.5) is 0 Å². The lowest BCUT2D eigenvalue weighted by atomic mass is 10.0. The molecule has 2 aromatic carbocycles. The summed E-state index contributed by atoms with van der Waals surface area (Å²) in [5, 5.41) is 13.1. The molecule has 0 aromatic heterocycles. The van der Waals surface area contributed by atoms with Gasteiger partial charge >= 0.3 is 0 Å². The molecule has 8 heteroatoms. The lowest BCUT2D eigenvalue weighted by molar-refractivity contribution is -0.126. The topological polar surface area (TPSA) is 86.7 Å². The molecule has 1 amide bonds. The summed E-state index contributed by atoms with van der Waals surface area (Å²) >= 11 is 6.07. The molecule has 162 valence electrons. The van der Waals surface area contributed by atoms with Crippen LogP contribution in [-0.2, 0) is 27.7 Å². The molecule has 0 aliphatic carbocycles. The second-order valence-electron chi connectivity index (χ2n) is 8.02. The molecular weight excluding hydrogens is 424 g/mol. The van der Waals surface area contributed by atoms with Crippen LogP contribution in [0.5, 0.6) is 0 Å². The third kappa shape index (κ3) is 5.03.